The zero-order valence-corrected chi connectivity index (χ0v) is 16.4. The second-order valence-corrected chi connectivity index (χ2v) is 6.66. The van der Waals surface area contributed by atoms with Gasteiger partial charge in [0.15, 0.2) is 17.5 Å². The van der Waals surface area contributed by atoms with Crippen molar-refractivity contribution < 1.29 is 14.2 Å². The molecule has 1 fully saturated rings. The summed E-state index contributed by atoms with van der Waals surface area (Å²) in [6.45, 7) is 8.15. The third-order valence-corrected chi connectivity index (χ3v) is 4.59. The molecular formula is C20H31N3O3. The first-order chi connectivity index (χ1) is 12.5. The van der Waals surface area contributed by atoms with E-state index in [0.29, 0.717) is 6.54 Å². The number of ether oxygens (including phenoxy) is 3. The predicted molar refractivity (Wildman–Crippen MR) is 105 cm³/mol. The van der Waals surface area contributed by atoms with Crippen molar-refractivity contribution in [3.05, 3.63) is 35.9 Å². The smallest absolute Gasteiger partial charge is 0.191 e. The van der Waals surface area contributed by atoms with Crippen molar-refractivity contribution in [2.45, 2.75) is 38.3 Å². The van der Waals surface area contributed by atoms with Crippen LogP contribution in [0.25, 0.3) is 0 Å². The highest BCUT2D eigenvalue weighted by atomic mass is 16.5. The van der Waals surface area contributed by atoms with Crippen molar-refractivity contribution in [1.29, 1.82) is 0 Å². The average Bonchev–Trinajstić information content (AvgIpc) is 3.08. The van der Waals surface area contributed by atoms with Gasteiger partial charge in [-0.15, -0.1) is 6.58 Å². The van der Waals surface area contributed by atoms with Crippen LogP contribution in [-0.2, 0) is 17.7 Å². The zero-order chi connectivity index (χ0) is 19.0. The minimum Gasteiger partial charge on any atom is -0.493 e. The molecule has 1 atom stereocenters. The lowest BCUT2D eigenvalue weighted by Gasteiger charge is -2.24. The maximum absolute atomic E-state index is 5.81. The topological polar surface area (TPSA) is 64.1 Å². The molecule has 1 heterocycles. The van der Waals surface area contributed by atoms with Crippen LogP contribution in [0.1, 0.15) is 30.9 Å². The van der Waals surface area contributed by atoms with E-state index in [0.717, 1.165) is 61.0 Å². The van der Waals surface area contributed by atoms with E-state index < -0.39 is 0 Å². The molecule has 1 aliphatic rings. The fourth-order valence-corrected chi connectivity index (χ4v) is 3.17. The van der Waals surface area contributed by atoms with E-state index in [1.807, 2.05) is 12.1 Å². The molecule has 1 unspecified atom stereocenters. The van der Waals surface area contributed by atoms with Gasteiger partial charge in [-0.2, -0.15) is 0 Å². The fourth-order valence-electron chi connectivity index (χ4n) is 3.17. The van der Waals surface area contributed by atoms with Crippen LogP contribution < -0.4 is 20.1 Å². The summed E-state index contributed by atoms with van der Waals surface area (Å²) in [6.07, 6.45) is 4.76. The molecule has 1 aromatic rings. The van der Waals surface area contributed by atoms with Gasteiger partial charge in [0.2, 0.25) is 0 Å². The van der Waals surface area contributed by atoms with Crippen molar-refractivity contribution in [3.8, 4) is 11.5 Å². The van der Waals surface area contributed by atoms with Gasteiger partial charge in [0.25, 0.3) is 0 Å². The van der Waals surface area contributed by atoms with Gasteiger partial charge in [0, 0.05) is 32.3 Å². The minimum absolute atomic E-state index is 0.113. The van der Waals surface area contributed by atoms with Crippen LogP contribution >= 0.6 is 0 Å². The number of rotatable bonds is 8. The van der Waals surface area contributed by atoms with Crippen molar-refractivity contribution in [1.82, 2.24) is 10.6 Å². The summed E-state index contributed by atoms with van der Waals surface area (Å²) in [5, 5.41) is 6.70. The summed E-state index contributed by atoms with van der Waals surface area (Å²) in [7, 11) is 5.07. The van der Waals surface area contributed by atoms with Gasteiger partial charge in [-0.25, -0.2) is 0 Å². The maximum atomic E-state index is 5.81. The Morgan fingerprint density at radius 1 is 1.35 bits per heavy atom. The molecule has 1 aliphatic heterocycles. The summed E-state index contributed by atoms with van der Waals surface area (Å²) in [5.74, 6) is 2.23. The quantitative estimate of drug-likeness (QED) is 0.423. The highest BCUT2D eigenvalue weighted by molar-refractivity contribution is 5.79. The van der Waals surface area contributed by atoms with Gasteiger partial charge in [-0.1, -0.05) is 6.08 Å². The minimum atomic E-state index is -0.113. The van der Waals surface area contributed by atoms with E-state index in [4.69, 9.17) is 14.2 Å². The van der Waals surface area contributed by atoms with Crippen molar-refractivity contribution in [3.63, 3.8) is 0 Å². The lowest BCUT2D eigenvalue weighted by atomic mass is 10.0. The summed E-state index contributed by atoms with van der Waals surface area (Å²) in [5.41, 5.74) is 2.03. The number of hydrogen-bond acceptors (Lipinski definition) is 4. The number of guanidine groups is 1. The molecule has 1 saturated heterocycles. The highest BCUT2D eigenvalue weighted by Gasteiger charge is 2.29. The van der Waals surface area contributed by atoms with Gasteiger partial charge >= 0.3 is 0 Å². The van der Waals surface area contributed by atoms with E-state index in [-0.39, 0.29) is 5.60 Å². The number of nitrogens with zero attached hydrogens (tertiary/aromatic N) is 1. The van der Waals surface area contributed by atoms with Gasteiger partial charge < -0.3 is 24.8 Å². The lowest BCUT2D eigenvalue weighted by molar-refractivity contribution is 0.0243. The molecule has 0 aliphatic carbocycles. The molecule has 1 aromatic carbocycles. The van der Waals surface area contributed by atoms with Crippen LogP contribution in [0.4, 0.5) is 0 Å². The Morgan fingerprint density at radius 2 is 2.15 bits per heavy atom. The SMILES string of the molecule is C=CCc1cc(CNC(=NC)NCC2(C)CCCO2)cc(OC)c1OC. The Labute approximate surface area is 156 Å². The van der Waals surface area contributed by atoms with Crippen molar-refractivity contribution >= 4 is 5.96 Å². The third-order valence-electron chi connectivity index (χ3n) is 4.59. The van der Waals surface area contributed by atoms with Gasteiger partial charge in [0.1, 0.15) is 0 Å². The molecule has 0 amide bonds. The molecule has 6 heteroatoms. The van der Waals surface area contributed by atoms with Crippen molar-refractivity contribution in [2.24, 2.45) is 4.99 Å². The van der Waals surface area contributed by atoms with E-state index in [9.17, 15) is 0 Å². The fraction of sp³-hybridized carbons (Fsp3) is 0.550. The molecule has 0 radical (unpaired) electrons. The average molecular weight is 361 g/mol. The molecule has 0 bridgehead atoms. The van der Waals surface area contributed by atoms with E-state index in [1.54, 1.807) is 21.3 Å². The number of methoxy groups -OCH3 is 2. The molecular weight excluding hydrogens is 330 g/mol. The number of aliphatic imine (C=N–C) groups is 1. The molecule has 2 N–H and O–H groups in total. The molecule has 0 spiro atoms. The normalized spacial score (nSPS) is 19.9. The number of nitrogens with one attached hydrogen (secondary N) is 2. The Kier molecular flexibility index (Phi) is 7.33. The summed E-state index contributed by atoms with van der Waals surface area (Å²) in [6, 6.07) is 4.08. The van der Waals surface area contributed by atoms with E-state index >= 15 is 0 Å². The van der Waals surface area contributed by atoms with Crippen LogP contribution in [0, 0.1) is 0 Å². The largest absolute Gasteiger partial charge is 0.493 e. The molecule has 0 aromatic heterocycles. The predicted octanol–water partition coefficient (Wildman–Crippen LogP) is 2.67. The summed E-state index contributed by atoms with van der Waals surface area (Å²) >= 11 is 0. The van der Waals surface area contributed by atoms with Crippen LogP contribution in [0.5, 0.6) is 11.5 Å². The Balaban J connectivity index is 2.02. The number of allylic oxidation sites excluding steroid dienone is 1. The summed E-state index contributed by atoms with van der Waals surface area (Å²) in [4.78, 5) is 4.30. The van der Waals surface area contributed by atoms with E-state index in [1.165, 1.54) is 0 Å². The number of benzene rings is 1. The molecule has 0 saturated carbocycles. The lowest BCUT2D eigenvalue weighted by Crippen LogP contribution is -2.45. The maximum Gasteiger partial charge on any atom is 0.191 e. The summed E-state index contributed by atoms with van der Waals surface area (Å²) < 4.78 is 16.8. The van der Waals surface area contributed by atoms with Crippen molar-refractivity contribution in [2.75, 3.05) is 34.4 Å². The Hall–Kier alpha value is -2.21. The highest BCUT2D eigenvalue weighted by Crippen LogP contribution is 2.33. The Bertz CT molecular complexity index is 637. The van der Waals surface area contributed by atoms with Crippen LogP contribution in [-0.4, -0.2) is 46.0 Å². The standard InChI is InChI=1S/C20H31N3O3/c1-6-8-16-11-15(12-17(24-4)18(16)25-5)13-22-19(21-3)23-14-20(2)9-7-10-26-20/h6,11-12H,1,7-10,13-14H2,2-5H3,(H2,21,22,23). The van der Waals surface area contributed by atoms with Gasteiger partial charge in [-0.3, -0.25) is 4.99 Å². The molecule has 26 heavy (non-hydrogen) atoms. The van der Waals surface area contributed by atoms with Gasteiger partial charge in [0.05, 0.1) is 19.8 Å². The van der Waals surface area contributed by atoms with E-state index in [2.05, 4.69) is 35.2 Å². The molecule has 6 nitrogen and oxygen atoms in total. The second-order valence-electron chi connectivity index (χ2n) is 6.66. The first kappa shape index (κ1) is 20.1. The zero-order valence-electron chi connectivity index (χ0n) is 16.4. The van der Waals surface area contributed by atoms with Gasteiger partial charge in [-0.05, 0) is 43.9 Å². The first-order valence-electron chi connectivity index (χ1n) is 8.98. The Morgan fingerprint density at radius 3 is 2.73 bits per heavy atom. The van der Waals surface area contributed by atoms with Crippen LogP contribution in [0.15, 0.2) is 29.8 Å². The monoisotopic (exact) mass is 361 g/mol. The second kappa shape index (κ2) is 9.48. The van der Waals surface area contributed by atoms with Crippen LogP contribution in [0.2, 0.25) is 0 Å². The number of hydrogen-bond donors (Lipinski definition) is 2. The molecule has 2 rings (SSSR count). The molecule has 144 valence electrons. The van der Waals surface area contributed by atoms with Crippen LogP contribution in [0.3, 0.4) is 0 Å². The third kappa shape index (κ3) is 5.14. The first-order valence-corrected chi connectivity index (χ1v) is 8.98.